The highest BCUT2D eigenvalue weighted by Gasteiger charge is 2.29. The maximum Gasteiger partial charge on any atom is 0.257 e. The first kappa shape index (κ1) is 16.3. The van der Waals surface area contributed by atoms with E-state index in [2.05, 4.69) is 10.2 Å². The van der Waals surface area contributed by atoms with E-state index in [1.54, 1.807) is 23.5 Å². The number of rotatable bonds is 3. The van der Waals surface area contributed by atoms with Gasteiger partial charge in [0, 0.05) is 13.1 Å². The third-order valence-electron chi connectivity index (χ3n) is 4.33. The molecular formula is C18H16ClN3O2S. The van der Waals surface area contributed by atoms with Crippen LogP contribution in [0.5, 0.6) is 0 Å². The van der Waals surface area contributed by atoms with Crippen LogP contribution in [-0.4, -0.2) is 34.1 Å². The van der Waals surface area contributed by atoms with Crippen LogP contribution in [0.2, 0.25) is 5.02 Å². The fourth-order valence-corrected chi connectivity index (χ4v) is 3.93. The number of amides is 1. The van der Waals surface area contributed by atoms with E-state index in [1.165, 1.54) is 0 Å². The summed E-state index contributed by atoms with van der Waals surface area (Å²) >= 11 is 7.73. The minimum absolute atomic E-state index is 0.0479. The first-order chi connectivity index (χ1) is 12.2. The van der Waals surface area contributed by atoms with Gasteiger partial charge < -0.3 is 9.32 Å². The second-order valence-corrected chi connectivity index (χ2v) is 7.35. The lowest BCUT2D eigenvalue weighted by Gasteiger charge is -2.31. The Hall–Kier alpha value is -2.18. The number of hydrogen-bond acceptors (Lipinski definition) is 5. The Morgan fingerprint density at radius 1 is 1.24 bits per heavy atom. The Morgan fingerprint density at radius 3 is 2.92 bits per heavy atom. The number of aromatic nitrogens is 2. The van der Waals surface area contributed by atoms with Crippen LogP contribution >= 0.6 is 22.9 Å². The van der Waals surface area contributed by atoms with Gasteiger partial charge in [-0.05, 0) is 36.4 Å². The van der Waals surface area contributed by atoms with Crippen molar-refractivity contribution in [3.05, 3.63) is 58.3 Å². The molecule has 0 aliphatic carbocycles. The molecule has 1 aliphatic heterocycles. The van der Waals surface area contributed by atoms with Crippen LogP contribution in [0.25, 0.3) is 10.8 Å². The summed E-state index contributed by atoms with van der Waals surface area (Å²) in [5.74, 6) is 1.15. The summed E-state index contributed by atoms with van der Waals surface area (Å²) in [4.78, 5) is 15.5. The minimum Gasteiger partial charge on any atom is -0.420 e. The predicted molar refractivity (Wildman–Crippen MR) is 96.9 cm³/mol. The highest BCUT2D eigenvalue weighted by molar-refractivity contribution is 7.13. The van der Waals surface area contributed by atoms with Crippen LogP contribution in [0.3, 0.4) is 0 Å². The molecule has 0 spiro atoms. The number of benzene rings is 1. The Labute approximate surface area is 154 Å². The molecule has 1 aromatic carbocycles. The normalized spacial score (nSPS) is 17.6. The van der Waals surface area contributed by atoms with Gasteiger partial charge in [0.05, 0.1) is 21.4 Å². The van der Waals surface area contributed by atoms with E-state index in [0.29, 0.717) is 35.5 Å². The summed E-state index contributed by atoms with van der Waals surface area (Å²) in [7, 11) is 0. The lowest BCUT2D eigenvalue weighted by molar-refractivity contribution is 0.0698. The molecule has 1 amide bonds. The summed E-state index contributed by atoms with van der Waals surface area (Å²) < 4.78 is 5.85. The maximum atomic E-state index is 12.8. The van der Waals surface area contributed by atoms with Gasteiger partial charge in [0.15, 0.2) is 0 Å². The molecule has 4 rings (SSSR count). The predicted octanol–water partition coefficient (Wildman–Crippen LogP) is 4.47. The number of halogens is 1. The van der Waals surface area contributed by atoms with E-state index in [0.717, 1.165) is 17.7 Å². The molecule has 5 nitrogen and oxygen atoms in total. The molecule has 3 aromatic rings. The minimum atomic E-state index is -0.0479. The number of thiophene rings is 1. The first-order valence-electron chi connectivity index (χ1n) is 8.13. The van der Waals surface area contributed by atoms with E-state index in [1.807, 2.05) is 34.5 Å². The van der Waals surface area contributed by atoms with Crippen molar-refractivity contribution in [1.29, 1.82) is 0 Å². The topological polar surface area (TPSA) is 59.2 Å². The van der Waals surface area contributed by atoms with Gasteiger partial charge in [0.2, 0.25) is 5.89 Å². The summed E-state index contributed by atoms with van der Waals surface area (Å²) in [6, 6.07) is 11.1. The quantitative estimate of drug-likeness (QED) is 0.679. The smallest absolute Gasteiger partial charge is 0.257 e. The number of carbonyl (C=O) groups excluding carboxylic acids is 1. The maximum absolute atomic E-state index is 12.8. The molecule has 128 valence electrons. The van der Waals surface area contributed by atoms with Crippen molar-refractivity contribution in [3.8, 4) is 10.8 Å². The number of hydrogen-bond donors (Lipinski definition) is 0. The molecule has 0 radical (unpaired) electrons. The van der Waals surface area contributed by atoms with Gasteiger partial charge >= 0.3 is 0 Å². The molecule has 2 aromatic heterocycles. The molecule has 3 heterocycles. The highest BCUT2D eigenvalue weighted by Crippen LogP contribution is 2.31. The lowest BCUT2D eigenvalue weighted by Crippen LogP contribution is -2.39. The number of piperidine rings is 1. The Balaban J connectivity index is 1.51. The van der Waals surface area contributed by atoms with Crippen LogP contribution in [0.15, 0.2) is 46.2 Å². The van der Waals surface area contributed by atoms with E-state index < -0.39 is 0 Å². The molecule has 1 aliphatic rings. The number of likely N-dealkylation sites (tertiary alicyclic amines) is 1. The summed E-state index contributed by atoms with van der Waals surface area (Å²) in [5, 5.41) is 10.8. The van der Waals surface area contributed by atoms with Crippen molar-refractivity contribution in [3.63, 3.8) is 0 Å². The zero-order valence-electron chi connectivity index (χ0n) is 13.4. The SMILES string of the molecule is O=C(c1ccccc1Cl)N1CCC[C@@H](c2nnc(-c3cccs3)o2)C1. The largest absolute Gasteiger partial charge is 0.420 e. The molecule has 0 saturated carbocycles. The van der Waals surface area contributed by atoms with Gasteiger partial charge in [-0.15, -0.1) is 21.5 Å². The molecule has 7 heteroatoms. The molecular weight excluding hydrogens is 358 g/mol. The second kappa shape index (κ2) is 6.98. The monoisotopic (exact) mass is 373 g/mol. The third kappa shape index (κ3) is 3.32. The average Bonchev–Trinajstić information content (AvgIpc) is 3.33. The Morgan fingerprint density at radius 2 is 2.12 bits per heavy atom. The van der Waals surface area contributed by atoms with Crippen molar-refractivity contribution in [2.75, 3.05) is 13.1 Å². The highest BCUT2D eigenvalue weighted by atomic mass is 35.5. The molecule has 1 atom stereocenters. The summed E-state index contributed by atoms with van der Waals surface area (Å²) in [6.07, 6.45) is 1.83. The van der Waals surface area contributed by atoms with Crippen molar-refractivity contribution in [1.82, 2.24) is 15.1 Å². The second-order valence-electron chi connectivity index (χ2n) is 5.99. The van der Waals surface area contributed by atoms with Crippen LogP contribution in [0.1, 0.15) is 35.0 Å². The van der Waals surface area contributed by atoms with Gasteiger partial charge in [-0.25, -0.2) is 0 Å². The third-order valence-corrected chi connectivity index (χ3v) is 5.52. The van der Waals surface area contributed by atoms with Crippen molar-refractivity contribution < 1.29 is 9.21 Å². The average molecular weight is 374 g/mol. The first-order valence-corrected chi connectivity index (χ1v) is 9.39. The Bertz CT molecular complexity index is 878. The molecule has 1 saturated heterocycles. The van der Waals surface area contributed by atoms with Gasteiger partial charge in [-0.3, -0.25) is 4.79 Å². The molecule has 0 N–H and O–H groups in total. The van der Waals surface area contributed by atoms with Gasteiger partial charge in [0.1, 0.15) is 0 Å². The van der Waals surface area contributed by atoms with Crippen LogP contribution in [0, 0.1) is 0 Å². The van der Waals surface area contributed by atoms with E-state index in [9.17, 15) is 4.79 Å². The van der Waals surface area contributed by atoms with Gasteiger partial charge in [-0.2, -0.15) is 0 Å². The van der Waals surface area contributed by atoms with Crippen LogP contribution < -0.4 is 0 Å². The molecule has 0 bridgehead atoms. The zero-order chi connectivity index (χ0) is 17.2. The van der Waals surface area contributed by atoms with E-state index >= 15 is 0 Å². The van der Waals surface area contributed by atoms with Crippen LogP contribution in [0.4, 0.5) is 0 Å². The summed E-state index contributed by atoms with van der Waals surface area (Å²) in [5.41, 5.74) is 0.537. The number of carbonyl (C=O) groups is 1. The summed E-state index contributed by atoms with van der Waals surface area (Å²) in [6.45, 7) is 1.28. The molecule has 25 heavy (non-hydrogen) atoms. The van der Waals surface area contributed by atoms with Crippen molar-refractivity contribution in [2.24, 2.45) is 0 Å². The fraction of sp³-hybridized carbons (Fsp3) is 0.278. The Kier molecular flexibility index (Phi) is 4.55. The standard InChI is InChI=1S/C18H16ClN3O2S/c19-14-7-2-1-6-13(14)18(23)22-9-3-5-12(11-22)16-20-21-17(24-16)15-8-4-10-25-15/h1-2,4,6-8,10,12H,3,5,9,11H2/t12-/m1/s1. The zero-order valence-corrected chi connectivity index (χ0v) is 15.0. The van der Waals surface area contributed by atoms with Gasteiger partial charge in [0.25, 0.3) is 11.8 Å². The lowest BCUT2D eigenvalue weighted by atomic mass is 9.97. The van der Waals surface area contributed by atoms with Crippen LogP contribution in [-0.2, 0) is 0 Å². The number of nitrogens with zero attached hydrogens (tertiary/aromatic N) is 3. The van der Waals surface area contributed by atoms with E-state index in [-0.39, 0.29) is 11.8 Å². The van der Waals surface area contributed by atoms with Gasteiger partial charge in [-0.1, -0.05) is 29.8 Å². The van der Waals surface area contributed by atoms with Crippen molar-refractivity contribution in [2.45, 2.75) is 18.8 Å². The van der Waals surface area contributed by atoms with E-state index in [4.69, 9.17) is 16.0 Å². The fourth-order valence-electron chi connectivity index (χ4n) is 3.07. The van der Waals surface area contributed by atoms with Crippen molar-refractivity contribution >= 4 is 28.8 Å². The molecule has 1 fully saturated rings. The molecule has 0 unspecified atom stereocenters.